The lowest BCUT2D eigenvalue weighted by Crippen LogP contribution is -2.30. The molecule has 0 spiro atoms. The van der Waals surface area contributed by atoms with Gasteiger partial charge in [0.05, 0.1) is 5.25 Å². The molecule has 2 rings (SSSR count). The first-order chi connectivity index (χ1) is 7.27. The summed E-state index contributed by atoms with van der Waals surface area (Å²) in [6, 6.07) is 0. The molecule has 0 saturated carbocycles. The molecule has 15 heavy (non-hydrogen) atoms. The van der Waals surface area contributed by atoms with Gasteiger partial charge in [-0.1, -0.05) is 18.2 Å². The standard InChI is InChI=1S/C10H15N3OS/c1-13-7-6-12-10(13)15-8-4-2-3-5-11-9(8)14/h6-8H,2-5H2,1H3,(H,11,14). The zero-order valence-electron chi connectivity index (χ0n) is 8.77. The summed E-state index contributed by atoms with van der Waals surface area (Å²) < 4.78 is 1.95. The highest BCUT2D eigenvalue weighted by atomic mass is 32.2. The van der Waals surface area contributed by atoms with Crippen LogP contribution in [0.3, 0.4) is 0 Å². The van der Waals surface area contributed by atoms with Crippen molar-refractivity contribution in [3.8, 4) is 0 Å². The van der Waals surface area contributed by atoms with E-state index in [-0.39, 0.29) is 11.2 Å². The molecule has 1 unspecified atom stereocenters. The Balaban J connectivity index is 2.03. The number of aromatic nitrogens is 2. The topological polar surface area (TPSA) is 46.9 Å². The number of carbonyl (C=O) groups is 1. The van der Waals surface area contributed by atoms with Crippen LogP contribution >= 0.6 is 11.8 Å². The lowest BCUT2D eigenvalue weighted by atomic mass is 10.2. The summed E-state index contributed by atoms with van der Waals surface area (Å²) in [6.07, 6.45) is 6.81. The molecule has 1 amide bonds. The summed E-state index contributed by atoms with van der Waals surface area (Å²) >= 11 is 1.56. The van der Waals surface area contributed by atoms with Gasteiger partial charge in [-0.15, -0.1) is 0 Å². The predicted octanol–water partition coefficient (Wildman–Crippen LogP) is 1.18. The maximum Gasteiger partial charge on any atom is 0.233 e. The van der Waals surface area contributed by atoms with Crippen LogP contribution in [-0.4, -0.2) is 27.3 Å². The zero-order valence-corrected chi connectivity index (χ0v) is 9.59. The van der Waals surface area contributed by atoms with Crippen LogP contribution in [0.2, 0.25) is 0 Å². The SMILES string of the molecule is Cn1ccnc1SC1CCCCNC1=O. The first kappa shape index (κ1) is 10.5. The summed E-state index contributed by atoms with van der Waals surface area (Å²) in [6.45, 7) is 0.816. The van der Waals surface area contributed by atoms with E-state index in [9.17, 15) is 4.79 Å². The first-order valence-electron chi connectivity index (χ1n) is 5.19. The van der Waals surface area contributed by atoms with Crippen molar-refractivity contribution in [3.05, 3.63) is 12.4 Å². The van der Waals surface area contributed by atoms with Crippen LogP contribution in [0, 0.1) is 0 Å². The van der Waals surface area contributed by atoms with E-state index >= 15 is 0 Å². The number of hydrogen-bond donors (Lipinski definition) is 1. The molecule has 1 aromatic rings. The highest BCUT2D eigenvalue weighted by Gasteiger charge is 2.22. The molecule has 0 radical (unpaired) electrons. The molecule has 1 saturated heterocycles. The van der Waals surface area contributed by atoms with Gasteiger partial charge in [0.2, 0.25) is 5.91 Å². The molecule has 4 nitrogen and oxygen atoms in total. The Morgan fingerprint density at radius 3 is 3.20 bits per heavy atom. The van der Waals surface area contributed by atoms with Gasteiger partial charge >= 0.3 is 0 Å². The molecule has 1 N–H and O–H groups in total. The van der Waals surface area contributed by atoms with Crippen molar-refractivity contribution in [1.29, 1.82) is 0 Å². The summed E-state index contributed by atoms with van der Waals surface area (Å²) in [5.41, 5.74) is 0. The van der Waals surface area contributed by atoms with Gasteiger partial charge in [-0.05, 0) is 12.8 Å². The molecule has 1 aliphatic rings. The molecule has 82 valence electrons. The second-order valence-electron chi connectivity index (χ2n) is 3.71. The fraction of sp³-hybridized carbons (Fsp3) is 0.600. The number of aryl methyl sites for hydroxylation is 1. The van der Waals surface area contributed by atoms with Gasteiger partial charge in [-0.25, -0.2) is 4.98 Å². The third-order valence-corrected chi connectivity index (χ3v) is 3.85. The Hall–Kier alpha value is -0.970. The maximum atomic E-state index is 11.7. The summed E-state index contributed by atoms with van der Waals surface area (Å²) in [7, 11) is 1.95. The molecule has 1 aromatic heterocycles. The van der Waals surface area contributed by atoms with Crippen LogP contribution in [-0.2, 0) is 11.8 Å². The van der Waals surface area contributed by atoms with Crippen LogP contribution in [0.4, 0.5) is 0 Å². The van der Waals surface area contributed by atoms with E-state index in [1.165, 1.54) is 0 Å². The normalized spacial score (nSPS) is 22.2. The van der Waals surface area contributed by atoms with Crippen molar-refractivity contribution in [3.63, 3.8) is 0 Å². The van der Waals surface area contributed by atoms with E-state index in [1.54, 1.807) is 18.0 Å². The van der Waals surface area contributed by atoms with Crippen LogP contribution in [0.1, 0.15) is 19.3 Å². The molecule has 0 bridgehead atoms. The van der Waals surface area contributed by atoms with Crippen molar-refractivity contribution in [2.24, 2.45) is 7.05 Å². The monoisotopic (exact) mass is 225 g/mol. The Morgan fingerprint density at radius 1 is 1.60 bits per heavy atom. The molecule has 5 heteroatoms. The van der Waals surface area contributed by atoms with Crippen LogP contribution in [0.5, 0.6) is 0 Å². The molecule has 0 aromatic carbocycles. The van der Waals surface area contributed by atoms with Crippen molar-refractivity contribution in [1.82, 2.24) is 14.9 Å². The summed E-state index contributed by atoms with van der Waals surface area (Å²) in [5.74, 6) is 0.153. The van der Waals surface area contributed by atoms with Gasteiger partial charge < -0.3 is 9.88 Å². The average molecular weight is 225 g/mol. The number of imidazole rings is 1. The van der Waals surface area contributed by atoms with Gasteiger partial charge in [0, 0.05) is 26.0 Å². The largest absolute Gasteiger partial charge is 0.355 e. The average Bonchev–Trinajstić information content (AvgIpc) is 2.50. The van der Waals surface area contributed by atoms with Crippen molar-refractivity contribution >= 4 is 17.7 Å². The van der Waals surface area contributed by atoms with Crippen molar-refractivity contribution in [2.75, 3.05) is 6.54 Å². The van der Waals surface area contributed by atoms with Gasteiger partial charge in [-0.3, -0.25) is 4.79 Å². The Labute approximate surface area is 93.5 Å². The fourth-order valence-electron chi connectivity index (χ4n) is 1.62. The van der Waals surface area contributed by atoms with E-state index in [4.69, 9.17) is 0 Å². The van der Waals surface area contributed by atoms with Gasteiger partial charge in [0.1, 0.15) is 0 Å². The number of carbonyl (C=O) groups excluding carboxylic acids is 1. The minimum atomic E-state index is 0.0219. The molecule has 2 heterocycles. The Bertz CT molecular complexity index is 350. The highest BCUT2D eigenvalue weighted by molar-refractivity contribution is 8.00. The zero-order chi connectivity index (χ0) is 10.7. The Kier molecular flexibility index (Phi) is 3.30. The second-order valence-corrected chi connectivity index (χ2v) is 4.88. The van der Waals surface area contributed by atoms with Crippen LogP contribution < -0.4 is 5.32 Å². The number of amides is 1. The van der Waals surface area contributed by atoms with E-state index in [0.717, 1.165) is 31.0 Å². The van der Waals surface area contributed by atoms with Crippen LogP contribution in [0.25, 0.3) is 0 Å². The fourth-order valence-corrected chi connectivity index (χ4v) is 2.69. The third kappa shape index (κ3) is 2.53. The van der Waals surface area contributed by atoms with Crippen molar-refractivity contribution < 1.29 is 4.79 Å². The van der Waals surface area contributed by atoms with E-state index < -0.39 is 0 Å². The number of nitrogens with zero attached hydrogens (tertiary/aromatic N) is 2. The maximum absolute atomic E-state index is 11.7. The van der Waals surface area contributed by atoms with Crippen LogP contribution in [0.15, 0.2) is 17.6 Å². The predicted molar refractivity (Wildman–Crippen MR) is 59.7 cm³/mol. The minimum absolute atomic E-state index is 0.0219. The quantitative estimate of drug-likeness (QED) is 0.822. The van der Waals surface area contributed by atoms with E-state index in [1.807, 2.05) is 17.8 Å². The Morgan fingerprint density at radius 2 is 2.47 bits per heavy atom. The molecular weight excluding hydrogens is 210 g/mol. The number of hydrogen-bond acceptors (Lipinski definition) is 3. The molecule has 1 fully saturated rings. The first-order valence-corrected chi connectivity index (χ1v) is 6.07. The smallest absolute Gasteiger partial charge is 0.233 e. The summed E-state index contributed by atoms with van der Waals surface area (Å²) in [4.78, 5) is 15.9. The lowest BCUT2D eigenvalue weighted by molar-refractivity contribution is -0.120. The minimum Gasteiger partial charge on any atom is -0.355 e. The lowest BCUT2D eigenvalue weighted by Gasteiger charge is -2.11. The second kappa shape index (κ2) is 4.70. The highest BCUT2D eigenvalue weighted by Crippen LogP contribution is 2.26. The number of rotatable bonds is 2. The van der Waals surface area contributed by atoms with Gasteiger partial charge in [-0.2, -0.15) is 0 Å². The van der Waals surface area contributed by atoms with Gasteiger partial charge in [0.15, 0.2) is 5.16 Å². The van der Waals surface area contributed by atoms with Gasteiger partial charge in [0.25, 0.3) is 0 Å². The molecular formula is C10H15N3OS. The third-order valence-electron chi connectivity index (χ3n) is 2.51. The van der Waals surface area contributed by atoms with E-state index in [2.05, 4.69) is 10.3 Å². The molecule has 1 aliphatic heterocycles. The molecule has 0 aliphatic carbocycles. The van der Waals surface area contributed by atoms with Crippen molar-refractivity contribution in [2.45, 2.75) is 29.7 Å². The summed E-state index contributed by atoms with van der Waals surface area (Å²) in [5, 5.41) is 3.87. The molecule has 1 atom stereocenters. The number of nitrogens with one attached hydrogen (secondary N) is 1. The van der Waals surface area contributed by atoms with E-state index in [0.29, 0.717) is 0 Å². The number of thioether (sulfide) groups is 1.